The van der Waals surface area contributed by atoms with E-state index in [0.717, 1.165) is 16.7 Å². The second-order valence-corrected chi connectivity index (χ2v) is 7.99. The molecule has 0 bridgehead atoms. The smallest absolute Gasteiger partial charge is 0.360 e. The summed E-state index contributed by atoms with van der Waals surface area (Å²) >= 11 is 0. The molecule has 11 heteroatoms. The number of guanidine groups is 1. The molecular weight excluding hydrogens is 450 g/mol. The summed E-state index contributed by atoms with van der Waals surface area (Å²) in [6.07, 6.45) is 0.603. The highest BCUT2D eigenvalue weighted by Crippen LogP contribution is 2.21. The Kier molecular flexibility index (Phi) is 10.3. The lowest BCUT2D eigenvalue weighted by atomic mass is 10.0. The monoisotopic (exact) mass is 481 g/mol. The van der Waals surface area contributed by atoms with Gasteiger partial charge in [-0.05, 0) is 49.4 Å². The lowest BCUT2D eigenvalue weighted by Gasteiger charge is -2.21. The van der Waals surface area contributed by atoms with Crippen LogP contribution in [-0.4, -0.2) is 47.6 Å². The quantitative estimate of drug-likeness (QED) is 0.124. The standard InChI is InChI=1S/C24H31N7O4/c1-15-8-6-11-18(16(15)2)30-31-24(35)29-20(14-17-9-4-3-5-10-17)21(32)28-19(22(33)34)12-7-13-27-23(25)26/h3-6,8-11,19-20H,7,12-14H2,1-2H3,(H,28,32)(H,29,35)(H,33,34)(H4,25,26,27)/b31-30+. The van der Waals surface area contributed by atoms with Gasteiger partial charge in [-0.1, -0.05) is 47.6 Å². The first-order valence-corrected chi connectivity index (χ1v) is 11.1. The molecule has 0 aliphatic carbocycles. The molecule has 0 spiro atoms. The Labute approximate surface area is 203 Å². The Morgan fingerprint density at radius 3 is 2.40 bits per heavy atom. The molecule has 2 atom stereocenters. The number of carboxylic acids is 1. The average Bonchev–Trinajstić information content (AvgIpc) is 2.81. The lowest BCUT2D eigenvalue weighted by molar-refractivity contribution is -0.142. The molecule has 0 radical (unpaired) electrons. The SMILES string of the molecule is Cc1cccc(/N=N/C(=O)NC(Cc2ccccc2)C(=O)NC(CCCNC(=N)N)C(=O)O)c1C. The van der Waals surface area contributed by atoms with Gasteiger partial charge in [0.05, 0.1) is 5.69 Å². The molecule has 186 valence electrons. The molecule has 0 aliphatic rings. The second kappa shape index (κ2) is 13.4. The van der Waals surface area contributed by atoms with Crippen molar-refractivity contribution in [2.75, 3.05) is 6.54 Å². The molecule has 11 nitrogen and oxygen atoms in total. The van der Waals surface area contributed by atoms with E-state index in [4.69, 9.17) is 11.1 Å². The topological polar surface area (TPSA) is 182 Å². The molecule has 2 aromatic carbocycles. The zero-order valence-corrected chi connectivity index (χ0v) is 19.7. The van der Waals surface area contributed by atoms with Crippen molar-refractivity contribution in [1.82, 2.24) is 16.0 Å². The van der Waals surface area contributed by atoms with Crippen molar-refractivity contribution in [3.8, 4) is 0 Å². The van der Waals surface area contributed by atoms with Gasteiger partial charge in [-0.25, -0.2) is 9.59 Å². The molecule has 3 amide bonds. The maximum Gasteiger partial charge on any atom is 0.360 e. The number of azo groups is 1. The van der Waals surface area contributed by atoms with E-state index in [-0.39, 0.29) is 25.3 Å². The van der Waals surface area contributed by atoms with E-state index >= 15 is 0 Å². The molecule has 2 unspecified atom stereocenters. The van der Waals surface area contributed by atoms with E-state index in [1.54, 1.807) is 36.4 Å². The van der Waals surface area contributed by atoms with E-state index < -0.39 is 30.0 Å². The predicted molar refractivity (Wildman–Crippen MR) is 132 cm³/mol. The normalized spacial score (nSPS) is 12.5. The lowest BCUT2D eigenvalue weighted by Crippen LogP contribution is -2.52. The number of nitrogens with zero attached hydrogens (tertiary/aromatic N) is 2. The van der Waals surface area contributed by atoms with Crippen molar-refractivity contribution in [2.24, 2.45) is 16.0 Å². The number of aryl methyl sites for hydroxylation is 1. The number of aliphatic carboxylic acids is 1. The van der Waals surface area contributed by atoms with Crippen LogP contribution >= 0.6 is 0 Å². The zero-order chi connectivity index (χ0) is 25.8. The minimum absolute atomic E-state index is 0.111. The van der Waals surface area contributed by atoms with Crippen LogP contribution in [0.2, 0.25) is 0 Å². The number of nitrogens with one attached hydrogen (secondary N) is 4. The maximum atomic E-state index is 13.0. The minimum atomic E-state index is -1.21. The van der Waals surface area contributed by atoms with Crippen LogP contribution in [0.3, 0.4) is 0 Å². The zero-order valence-electron chi connectivity index (χ0n) is 19.7. The first kappa shape index (κ1) is 27.0. The van der Waals surface area contributed by atoms with Crippen LogP contribution in [0.1, 0.15) is 29.5 Å². The van der Waals surface area contributed by atoms with Crippen molar-refractivity contribution in [1.29, 1.82) is 5.41 Å². The fourth-order valence-electron chi connectivity index (χ4n) is 3.24. The fourth-order valence-corrected chi connectivity index (χ4v) is 3.24. The Morgan fingerprint density at radius 2 is 1.74 bits per heavy atom. The van der Waals surface area contributed by atoms with Gasteiger partial charge in [-0.2, -0.15) is 0 Å². The number of rotatable bonds is 11. The predicted octanol–water partition coefficient (Wildman–Crippen LogP) is 2.54. The molecule has 0 saturated carbocycles. The van der Waals surface area contributed by atoms with Crippen LogP contribution in [0.25, 0.3) is 0 Å². The first-order chi connectivity index (χ1) is 16.7. The van der Waals surface area contributed by atoms with Gasteiger partial charge in [-0.15, -0.1) is 5.11 Å². The Hall–Kier alpha value is -4.28. The summed E-state index contributed by atoms with van der Waals surface area (Å²) < 4.78 is 0. The molecule has 2 rings (SSSR count). The van der Waals surface area contributed by atoms with Crippen molar-refractivity contribution in [3.63, 3.8) is 0 Å². The van der Waals surface area contributed by atoms with Gasteiger partial charge < -0.3 is 26.8 Å². The number of benzene rings is 2. The van der Waals surface area contributed by atoms with E-state index in [9.17, 15) is 19.5 Å². The maximum absolute atomic E-state index is 13.0. The summed E-state index contributed by atoms with van der Waals surface area (Å²) in [5.41, 5.74) is 8.41. The van der Waals surface area contributed by atoms with Gasteiger partial charge in [0.2, 0.25) is 5.91 Å². The van der Waals surface area contributed by atoms with E-state index in [1.807, 2.05) is 26.0 Å². The van der Waals surface area contributed by atoms with Crippen molar-refractivity contribution in [2.45, 2.75) is 45.2 Å². The first-order valence-electron chi connectivity index (χ1n) is 11.1. The van der Waals surface area contributed by atoms with Crippen LogP contribution in [0.15, 0.2) is 58.8 Å². The molecular formula is C24H31N7O4. The molecule has 0 aliphatic heterocycles. The minimum Gasteiger partial charge on any atom is -0.480 e. The van der Waals surface area contributed by atoms with E-state index in [1.165, 1.54) is 0 Å². The molecule has 2 aromatic rings. The third-order valence-corrected chi connectivity index (χ3v) is 5.32. The molecule has 0 fully saturated rings. The number of carbonyl (C=O) groups is 3. The van der Waals surface area contributed by atoms with E-state index in [0.29, 0.717) is 12.1 Å². The number of urea groups is 1. The van der Waals surface area contributed by atoms with Gasteiger partial charge in [-0.3, -0.25) is 10.2 Å². The summed E-state index contributed by atoms with van der Waals surface area (Å²) in [7, 11) is 0. The van der Waals surface area contributed by atoms with E-state index in [2.05, 4.69) is 26.2 Å². The van der Waals surface area contributed by atoms with Crippen LogP contribution in [0.4, 0.5) is 10.5 Å². The summed E-state index contributed by atoms with van der Waals surface area (Å²) in [4.78, 5) is 37.1. The highest BCUT2D eigenvalue weighted by Gasteiger charge is 2.26. The molecule has 35 heavy (non-hydrogen) atoms. The number of hydrogen-bond acceptors (Lipinski definition) is 5. The number of hydrogen-bond donors (Lipinski definition) is 6. The summed E-state index contributed by atoms with van der Waals surface area (Å²) in [6.45, 7) is 4.08. The van der Waals surface area contributed by atoms with Crippen LogP contribution < -0.4 is 21.7 Å². The summed E-state index contributed by atoms with van der Waals surface area (Å²) in [5.74, 6) is -2.08. The molecule has 7 N–H and O–H groups in total. The number of carboxylic acid groups (broad SMARTS) is 1. The van der Waals surface area contributed by atoms with Crippen molar-refractivity contribution in [3.05, 3.63) is 65.2 Å². The number of carbonyl (C=O) groups excluding carboxylic acids is 2. The number of amides is 3. The van der Waals surface area contributed by atoms with Gasteiger partial charge >= 0.3 is 12.0 Å². The van der Waals surface area contributed by atoms with Crippen LogP contribution in [0, 0.1) is 19.3 Å². The highest BCUT2D eigenvalue weighted by atomic mass is 16.4. The van der Waals surface area contributed by atoms with Gasteiger partial charge in [0.15, 0.2) is 5.96 Å². The summed E-state index contributed by atoms with van der Waals surface area (Å²) in [6, 6.07) is 11.4. The third-order valence-electron chi connectivity index (χ3n) is 5.32. The van der Waals surface area contributed by atoms with Crippen molar-refractivity contribution < 1.29 is 19.5 Å². The fraction of sp³-hybridized carbons (Fsp3) is 0.333. The Balaban J connectivity index is 2.11. The Bertz CT molecular complexity index is 1070. The average molecular weight is 482 g/mol. The number of nitrogens with two attached hydrogens (primary N) is 1. The largest absolute Gasteiger partial charge is 0.480 e. The van der Waals surface area contributed by atoms with Gasteiger partial charge in [0, 0.05) is 13.0 Å². The highest BCUT2D eigenvalue weighted by molar-refractivity contribution is 5.90. The summed E-state index contributed by atoms with van der Waals surface area (Å²) in [5, 5.41) is 31.9. The van der Waals surface area contributed by atoms with Crippen LogP contribution in [0.5, 0.6) is 0 Å². The van der Waals surface area contributed by atoms with Gasteiger partial charge in [0.1, 0.15) is 12.1 Å². The molecule has 0 saturated heterocycles. The molecule has 0 heterocycles. The Morgan fingerprint density at radius 1 is 1.03 bits per heavy atom. The van der Waals surface area contributed by atoms with Crippen LogP contribution in [-0.2, 0) is 16.0 Å². The third kappa shape index (κ3) is 9.24. The second-order valence-electron chi connectivity index (χ2n) is 7.99. The van der Waals surface area contributed by atoms with Crippen molar-refractivity contribution >= 4 is 29.6 Å². The molecule has 0 aromatic heterocycles. The van der Waals surface area contributed by atoms with Gasteiger partial charge in [0.25, 0.3) is 0 Å².